The molecule has 1 aromatic rings. The Kier molecular flexibility index (Phi) is 7.14. The molecule has 1 aliphatic rings. The lowest BCUT2D eigenvalue weighted by Gasteiger charge is -2.30. The molecule has 1 fully saturated rings. The molecular formula is C16H25N3O4S. The zero-order valence-corrected chi connectivity index (χ0v) is 14.8. The van der Waals surface area contributed by atoms with E-state index in [0.29, 0.717) is 45.7 Å². The highest BCUT2D eigenvalue weighted by Crippen LogP contribution is 2.23. The predicted molar refractivity (Wildman–Crippen MR) is 89.8 cm³/mol. The fraction of sp³-hybridized carbons (Fsp3) is 0.625. The summed E-state index contributed by atoms with van der Waals surface area (Å²) in [6.07, 6.45) is 4.76. The zero-order valence-electron chi connectivity index (χ0n) is 14.0. The Bertz CT molecular complexity index is 613. The van der Waals surface area contributed by atoms with Crippen molar-refractivity contribution >= 4 is 15.9 Å². The molecule has 0 aromatic carbocycles. The van der Waals surface area contributed by atoms with Gasteiger partial charge in [0.25, 0.3) is 0 Å². The van der Waals surface area contributed by atoms with Crippen molar-refractivity contribution in [2.45, 2.75) is 31.1 Å². The van der Waals surface area contributed by atoms with Crippen molar-refractivity contribution in [2.75, 3.05) is 32.8 Å². The molecule has 2 rings (SSSR count). The number of sulfonamides is 1. The van der Waals surface area contributed by atoms with Crippen molar-refractivity contribution < 1.29 is 17.9 Å². The third-order valence-electron chi connectivity index (χ3n) is 4.07. The van der Waals surface area contributed by atoms with E-state index in [2.05, 4.69) is 10.3 Å². The molecule has 0 spiro atoms. The van der Waals surface area contributed by atoms with Crippen LogP contribution in [-0.4, -0.2) is 56.5 Å². The van der Waals surface area contributed by atoms with Gasteiger partial charge in [0, 0.05) is 51.2 Å². The monoisotopic (exact) mass is 355 g/mol. The number of carbonyl (C=O) groups is 1. The largest absolute Gasteiger partial charge is 0.382 e. The predicted octanol–water partition coefficient (Wildman–Crippen LogP) is 1.03. The molecule has 134 valence electrons. The van der Waals surface area contributed by atoms with Gasteiger partial charge in [-0.25, -0.2) is 8.42 Å². The van der Waals surface area contributed by atoms with Crippen molar-refractivity contribution in [3.05, 3.63) is 24.5 Å². The first-order chi connectivity index (χ1) is 11.6. The van der Waals surface area contributed by atoms with Crippen molar-refractivity contribution in [3.63, 3.8) is 0 Å². The van der Waals surface area contributed by atoms with Gasteiger partial charge < -0.3 is 10.1 Å². The van der Waals surface area contributed by atoms with Gasteiger partial charge in [0.05, 0.1) is 0 Å². The summed E-state index contributed by atoms with van der Waals surface area (Å²) in [4.78, 5) is 16.2. The highest BCUT2D eigenvalue weighted by Gasteiger charge is 2.31. The lowest BCUT2D eigenvalue weighted by molar-refractivity contribution is -0.126. The molecule has 24 heavy (non-hydrogen) atoms. The number of ether oxygens (including phenoxy) is 1. The van der Waals surface area contributed by atoms with Gasteiger partial charge >= 0.3 is 0 Å². The summed E-state index contributed by atoms with van der Waals surface area (Å²) in [5.74, 6) is -0.123. The van der Waals surface area contributed by atoms with Crippen LogP contribution in [0.25, 0.3) is 0 Å². The minimum atomic E-state index is -3.52. The maximum atomic E-state index is 12.5. The Morgan fingerprint density at radius 3 is 2.79 bits per heavy atom. The van der Waals surface area contributed by atoms with Crippen LogP contribution in [0, 0.1) is 5.92 Å². The van der Waals surface area contributed by atoms with E-state index >= 15 is 0 Å². The van der Waals surface area contributed by atoms with Crippen LogP contribution in [0.5, 0.6) is 0 Å². The summed E-state index contributed by atoms with van der Waals surface area (Å²) in [5, 5.41) is 2.90. The van der Waals surface area contributed by atoms with Gasteiger partial charge in [-0.05, 0) is 38.3 Å². The molecule has 1 aromatic heterocycles. The molecule has 0 unspecified atom stereocenters. The fourth-order valence-electron chi connectivity index (χ4n) is 2.68. The van der Waals surface area contributed by atoms with Crippen molar-refractivity contribution in [1.82, 2.24) is 14.6 Å². The SMILES string of the molecule is CCOCCCNC(=O)C1CCN(S(=O)(=O)c2cccnc2)CC1. The lowest BCUT2D eigenvalue weighted by atomic mass is 9.97. The third kappa shape index (κ3) is 4.99. The van der Waals surface area contributed by atoms with Crippen molar-refractivity contribution in [3.8, 4) is 0 Å². The maximum Gasteiger partial charge on any atom is 0.244 e. The molecule has 1 saturated heterocycles. The van der Waals surface area contributed by atoms with Crippen LogP contribution in [-0.2, 0) is 19.6 Å². The Balaban J connectivity index is 1.80. The second-order valence-electron chi connectivity index (χ2n) is 5.71. The average molecular weight is 355 g/mol. The van der Waals surface area contributed by atoms with Gasteiger partial charge in [-0.2, -0.15) is 4.31 Å². The molecule has 1 aliphatic heterocycles. The number of hydrogen-bond donors (Lipinski definition) is 1. The summed E-state index contributed by atoms with van der Waals surface area (Å²) in [6.45, 7) is 4.55. The van der Waals surface area contributed by atoms with E-state index in [4.69, 9.17) is 4.74 Å². The molecule has 0 aliphatic carbocycles. The molecule has 1 amide bonds. The van der Waals surface area contributed by atoms with Crippen LogP contribution in [0.15, 0.2) is 29.4 Å². The van der Waals surface area contributed by atoms with Gasteiger partial charge in [0.2, 0.25) is 15.9 Å². The normalized spacial score (nSPS) is 16.9. The first-order valence-electron chi connectivity index (χ1n) is 8.31. The number of nitrogens with one attached hydrogen (secondary N) is 1. The fourth-order valence-corrected chi connectivity index (χ4v) is 4.12. The number of carbonyl (C=O) groups excluding carboxylic acids is 1. The topological polar surface area (TPSA) is 88.6 Å². The number of rotatable bonds is 8. The number of aromatic nitrogens is 1. The van der Waals surface area contributed by atoms with Gasteiger partial charge in [-0.3, -0.25) is 9.78 Å². The maximum absolute atomic E-state index is 12.5. The summed E-state index contributed by atoms with van der Waals surface area (Å²) in [6, 6.07) is 3.15. The minimum Gasteiger partial charge on any atom is -0.382 e. The van der Waals surface area contributed by atoms with Crippen LogP contribution in [0.3, 0.4) is 0 Å². The van der Waals surface area contributed by atoms with Crippen LogP contribution in [0.4, 0.5) is 0 Å². The van der Waals surface area contributed by atoms with Gasteiger partial charge in [0.1, 0.15) is 4.90 Å². The molecular weight excluding hydrogens is 330 g/mol. The average Bonchev–Trinajstić information content (AvgIpc) is 2.62. The lowest BCUT2D eigenvalue weighted by Crippen LogP contribution is -2.43. The molecule has 0 bridgehead atoms. The number of nitrogens with zero attached hydrogens (tertiary/aromatic N) is 2. The smallest absolute Gasteiger partial charge is 0.244 e. The second-order valence-corrected chi connectivity index (χ2v) is 7.65. The van der Waals surface area contributed by atoms with Crippen molar-refractivity contribution in [1.29, 1.82) is 0 Å². The number of pyridine rings is 1. The summed E-state index contributed by atoms with van der Waals surface area (Å²) < 4.78 is 31.7. The van der Waals surface area contributed by atoms with E-state index in [1.165, 1.54) is 10.5 Å². The number of piperidine rings is 1. The Morgan fingerprint density at radius 1 is 1.42 bits per heavy atom. The molecule has 0 saturated carbocycles. The van der Waals surface area contributed by atoms with Crippen LogP contribution in [0.1, 0.15) is 26.2 Å². The quantitative estimate of drug-likeness (QED) is 0.704. The Labute approximate surface area is 143 Å². The summed E-state index contributed by atoms with van der Waals surface area (Å²) >= 11 is 0. The highest BCUT2D eigenvalue weighted by molar-refractivity contribution is 7.89. The molecule has 2 heterocycles. The number of hydrogen-bond acceptors (Lipinski definition) is 5. The standard InChI is InChI=1S/C16H25N3O4S/c1-2-23-12-4-9-18-16(20)14-6-10-19(11-7-14)24(21,22)15-5-3-8-17-13-15/h3,5,8,13-14H,2,4,6-7,9-12H2,1H3,(H,18,20). The van der Waals surface area contributed by atoms with Gasteiger partial charge in [-0.1, -0.05) is 0 Å². The van der Waals surface area contributed by atoms with E-state index in [-0.39, 0.29) is 16.7 Å². The summed E-state index contributed by atoms with van der Waals surface area (Å²) in [5.41, 5.74) is 0. The van der Waals surface area contributed by atoms with E-state index in [0.717, 1.165) is 6.42 Å². The molecule has 7 nitrogen and oxygen atoms in total. The van der Waals surface area contributed by atoms with E-state index in [1.807, 2.05) is 6.92 Å². The number of amides is 1. The molecule has 1 N–H and O–H groups in total. The van der Waals surface area contributed by atoms with Crippen molar-refractivity contribution in [2.24, 2.45) is 5.92 Å². The van der Waals surface area contributed by atoms with Gasteiger partial charge in [-0.15, -0.1) is 0 Å². The summed E-state index contributed by atoms with van der Waals surface area (Å²) in [7, 11) is -3.52. The second kappa shape index (κ2) is 9.10. The van der Waals surface area contributed by atoms with Crippen LogP contribution >= 0.6 is 0 Å². The molecule has 0 radical (unpaired) electrons. The van der Waals surface area contributed by atoms with E-state index in [9.17, 15) is 13.2 Å². The van der Waals surface area contributed by atoms with Crippen LogP contribution < -0.4 is 5.32 Å². The minimum absolute atomic E-state index is 0.00456. The van der Waals surface area contributed by atoms with Crippen LogP contribution in [0.2, 0.25) is 0 Å². The first-order valence-corrected chi connectivity index (χ1v) is 9.75. The van der Waals surface area contributed by atoms with Gasteiger partial charge in [0.15, 0.2) is 0 Å². The molecule has 8 heteroatoms. The first kappa shape index (κ1) is 18.8. The highest BCUT2D eigenvalue weighted by atomic mass is 32.2. The van der Waals surface area contributed by atoms with E-state index in [1.54, 1.807) is 18.3 Å². The third-order valence-corrected chi connectivity index (χ3v) is 5.95. The zero-order chi connectivity index (χ0) is 17.4. The Morgan fingerprint density at radius 2 is 2.17 bits per heavy atom. The Hall–Kier alpha value is -1.51. The molecule has 0 atom stereocenters. The van der Waals surface area contributed by atoms with E-state index < -0.39 is 10.0 Å².